The lowest BCUT2D eigenvalue weighted by molar-refractivity contribution is -0.130. The first kappa shape index (κ1) is 42.6. The first-order chi connectivity index (χ1) is 26.0. The van der Waals surface area contributed by atoms with Crippen LogP contribution < -0.4 is 10.0 Å². The number of urea groups is 1. The number of imidazole rings is 1. The Hall–Kier alpha value is -4.17. The molecule has 54 heavy (non-hydrogen) atoms. The zero-order valence-corrected chi connectivity index (χ0v) is 33.3. The van der Waals surface area contributed by atoms with Gasteiger partial charge in [0.15, 0.2) is 5.15 Å². The second kappa shape index (κ2) is 21.1. The van der Waals surface area contributed by atoms with Crippen LogP contribution in [0.5, 0.6) is 0 Å². The van der Waals surface area contributed by atoms with Crippen molar-refractivity contribution in [3.8, 4) is 11.1 Å². The summed E-state index contributed by atoms with van der Waals surface area (Å²) in [5.41, 5.74) is 3.61. The molecule has 11 nitrogen and oxygen atoms in total. The normalized spacial score (nSPS) is 11.9. The van der Waals surface area contributed by atoms with Crippen LogP contribution in [0.1, 0.15) is 74.5 Å². The minimum absolute atomic E-state index is 0.00291. The van der Waals surface area contributed by atoms with Gasteiger partial charge >= 0.3 is 6.03 Å². The number of carbonyl (C=O) groups is 3. The predicted molar refractivity (Wildman–Crippen MR) is 215 cm³/mol. The van der Waals surface area contributed by atoms with E-state index in [1.807, 2.05) is 59.2 Å². The minimum atomic E-state index is -4.16. The molecule has 1 atom stereocenters. The molecule has 14 heteroatoms. The van der Waals surface area contributed by atoms with Gasteiger partial charge in [-0.1, -0.05) is 111 Å². The third-order valence-corrected chi connectivity index (χ3v) is 11.3. The molecule has 3 aromatic carbocycles. The number of carbonyl (C=O) groups excluding carboxylic acids is 3. The molecule has 0 saturated heterocycles. The molecular weight excluding hydrogens is 746 g/mol. The van der Waals surface area contributed by atoms with Crippen LogP contribution in [0, 0.1) is 5.92 Å². The third kappa shape index (κ3) is 11.9. The fraction of sp³-hybridized carbons (Fsp3) is 0.400. The van der Waals surface area contributed by atoms with Crippen LogP contribution in [0.4, 0.5) is 4.79 Å². The summed E-state index contributed by atoms with van der Waals surface area (Å²) >= 11 is 10.6. The van der Waals surface area contributed by atoms with E-state index in [1.54, 1.807) is 18.2 Å². The van der Waals surface area contributed by atoms with Gasteiger partial charge in [0.05, 0.1) is 23.1 Å². The molecule has 0 bridgehead atoms. The molecule has 4 rings (SSSR count). The number of halogens is 1. The first-order valence-corrected chi connectivity index (χ1v) is 20.8. The molecule has 0 aliphatic carbocycles. The summed E-state index contributed by atoms with van der Waals surface area (Å²) in [5, 5.41) is 13.0. The average molecular weight is 796 g/mol. The van der Waals surface area contributed by atoms with E-state index in [0.29, 0.717) is 72.9 Å². The fourth-order valence-electron chi connectivity index (χ4n) is 6.12. The molecule has 0 aliphatic heterocycles. The summed E-state index contributed by atoms with van der Waals surface area (Å²) in [5.74, 6) is -0.192. The van der Waals surface area contributed by atoms with Gasteiger partial charge in [-0.3, -0.25) is 14.5 Å². The van der Waals surface area contributed by atoms with E-state index in [2.05, 4.69) is 34.6 Å². The molecule has 0 fully saturated rings. The lowest BCUT2D eigenvalue weighted by Crippen LogP contribution is -2.45. The number of benzene rings is 3. The first-order valence-electron chi connectivity index (χ1n) is 18.3. The maximum Gasteiger partial charge on any atom is 0.323 e. The Labute approximate surface area is 329 Å². The molecule has 0 aliphatic rings. The minimum Gasteiger partial charge on any atom is -0.390 e. The van der Waals surface area contributed by atoms with Crippen LogP contribution in [0.3, 0.4) is 0 Å². The average Bonchev–Trinajstić information content (AvgIpc) is 3.48. The maximum absolute atomic E-state index is 13.4. The van der Waals surface area contributed by atoms with E-state index in [4.69, 9.17) is 11.6 Å². The summed E-state index contributed by atoms with van der Waals surface area (Å²) in [6.45, 7) is 2.67. The molecule has 0 spiro atoms. The lowest BCUT2D eigenvalue weighted by Gasteiger charge is -2.22. The Bertz CT molecular complexity index is 1950. The van der Waals surface area contributed by atoms with Gasteiger partial charge in [-0.15, -0.1) is 0 Å². The quantitative estimate of drug-likeness (QED) is 0.0568. The van der Waals surface area contributed by atoms with Crippen molar-refractivity contribution in [3.63, 3.8) is 0 Å². The zero-order valence-electron chi connectivity index (χ0n) is 30.8. The van der Waals surface area contributed by atoms with Gasteiger partial charge in [0.1, 0.15) is 5.82 Å². The number of aromatic nitrogens is 2. The highest BCUT2D eigenvalue weighted by atomic mass is 35.5. The predicted octanol–water partition coefficient (Wildman–Crippen LogP) is 6.80. The smallest absolute Gasteiger partial charge is 0.323 e. The summed E-state index contributed by atoms with van der Waals surface area (Å²) < 4.78 is 30.9. The second-order valence-corrected chi connectivity index (χ2v) is 15.6. The van der Waals surface area contributed by atoms with E-state index in [0.717, 1.165) is 41.1 Å². The number of unbranched alkanes of at least 4 members (excludes halogenated alkanes) is 4. The Morgan fingerprint density at radius 3 is 2.30 bits per heavy atom. The van der Waals surface area contributed by atoms with Crippen molar-refractivity contribution in [2.24, 2.45) is 5.92 Å². The van der Waals surface area contributed by atoms with E-state index in [1.165, 1.54) is 13.1 Å². The Morgan fingerprint density at radius 2 is 1.61 bits per heavy atom. The van der Waals surface area contributed by atoms with Crippen LogP contribution in [0.2, 0.25) is 5.15 Å². The number of hydrogen-bond acceptors (Lipinski definition) is 8. The SMILES string of the molecule is CCCCc1nc(Cl)c(CO)n1Cc1ccc(-c2ccccc2S(=O)(=O)NC(=O)CCCCCCNC(=O)N(C)C(=O)C(CS)Cc2ccccc2)cc1. The highest BCUT2D eigenvalue weighted by Gasteiger charge is 2.25. The summed E-state index contributed by atoms with van der Waals surface area (Å²) in [4.78, 5) is 43.7. The third-order valence-electron chi connectivity index (χ3n) is 9.17. The molecule has 1 aromatic heterocycles. The van der Waals surface area contributed by atoms with E-state index >= 15 is 0 Å². The monoisotopic (exact) mass is 795 g/mol. The number of nitrogens with one attached hydrogen (secondary N) is 2. The molecule has 290 valence electrons. The molecule has 4 amide bonds. The fourth-order valence-corrected chi connectivity index (χ4v) is 7.91. The van der Waals surface area contributed by atoms with Crippen LogP contribution in [-0.4, -0.2) is 65.2 Å². The van der Waals surface area contributed by atoms with Gasteiger partial charge < -0.3 is 15.0 Å². The van der Waals surface area contributed by atoms with Crippen molar-refractivity contribution in [1.29, 1.82) is 0 Å². The topological polar surface area (TPSA) is 151 Å². The number of imide groups is 1. The van der Waals surface area contributed by atoms with Gasteiger partial charge in [-0.2, -0.15) is 12.6 Å². The van der Waals surface area contributed by atoms with E-state index in [-0.39, 0.29) is 23.8 Å². The molecule has 0 radical (unpaired) electrons. The van der Waals surface area contributed by atoms with Gasteiger partial charge in [-0.05, 0) is 48.4 Å². The second-order valence-electron chi connectivity index (χ2n) is 13.2. The maximum atomic E-state index is 13.4. The largest absolute Gasteiger partial charge is 0.390 e. The van der Waals surface area contributed by atoms with E-state index < -0.39 is 27.9 Å². The molecule has 1 heterocycles. The number of sulfonamides is 1. The molecule has 4 aromatic rings. The number of rotatable bonds is 20. The number of amides is 4. The van der Waals surface area contributed by atoms with Crippen LogP contribution in [0.15, 0.2) is 83.8 Å². The van der Waals surface area contributed by atoms with Crippen molar-refractivity contribution in [1.82, 2.24) is 24.5 Å². The highest BCUT2D eigenvalue weighted by molar-refractivity contribution is 7.90. The van der Waals surface area contributed by atoms with Gasteiger partial charge in [0.2, 0.25) is 11.8 Å². The Morgan fingerprint density at radius 1 is 0.926 bits per heavy atom. The lowest BCUT2D eigenvalue weighted by atomic mass is 10.00. The molecule has 3 N–H and O–H groups in total. The molecule has 1 unspecified atom stereocenters. The summed E-state index contributed by atoms with van der Waals surface area (Å²) in [7, 11) is -2.70. The van der Waals surface area contributed by atoms with Crippen molar-refractivity contribution in [3.05, 3.63) is 107 Å². The van der Waals surface area contributed by atoms with Gasteiger partial charge in [0, 0.05) is 44.3 Å². The molecule has 0 saturated carbocycles. The number of nitrogens with zero attached hydrogens (tertiary/aromatic N) is 3. The van der Waals surface area contributed by atoms with Crippen LogP contribution in [-0.2, 0) is 45.6 Å². The number of aliphatic hydroxyl groups is 1. The van der Waals surface area contributed by atoms with Crippen molar-refractivity contribution >= 4 is 52.1 Å². The van der Waals surface area contributed by atoms with Crippen molar-refractivity contribution in [2.75, 3.05) is 19.3 Å². The summed E-state index contributed by atoms with van der Waals surface area (Å²) in [6.07, 6.45) is 5.67. The number of thiol groups is 1. The van der Waals surface area contributed by atoms with Crippen molar-refractivity contribution < 1.29 is 27.9 Å². The number of aliphatic hydroxyl groups excluding tert-OH is 1. The van der Waals surface area contributed by atoms with Crippen LogP contribution in [0.25, 0.3) is 11.1 Å². The van der Waals surface area contributed by atoms with E-state index in [9.17, 15) is 27.9 Å². The van der Waals surface area contributed by atoms with Crippen LogP contribution >= 0.6 is 24.2 Å². The standard InChI is InChI=1S/C40H50ClN5O6S2/c1-3-4-18-36-43-38(41)34(27-47)46(36)26-30-20-22-31(23-21-30)33-16-11-12-17-35(33)54(51,52)44-37(48)19-10-5-6-13-24-42-40(50)45(2)39(49)32(28-53)25-29-14-8-7-9-15-29/h7-9,11-12,14-17,20-23,32,47,53H,3-6,10,13,18-19,24-28H2,1-2H3,(H,42,50)(H,44,48). The Kier molecular flexibility index (Phi) is 16.6. The zero-order chi connectivity index (χ0) is 39.1. The van der Waals surface area contributed by atoms with Gasteiger partial charge in [-0.25, -0.2) is 22.9 Å². The highest BCUT2D eigenvalue weighted by Crippen LogP contribution is 2.28. The summed E-state index contributed by atoms with van der Waals surface area (Å²) in [6, 6.07) is 23.1. The van der Waals surface area contributed by atoms with Gasteiger partial charge in [0.25, 0.3) is 10.0 Å². The number of aryl methyl sites for hydroxylation is 1. The number of hydrogen-bond donors (Lipinski definition) is 4. The molecular formula is C40H50ClN5O6S2. The van der Waals surface area contributed by atoms with Crippen molar-refractivity contribution in [2.45, 2.75) is 82.8 Å². The Balaban J connectivity index is 1.23.